The highest BCUT2D eigenvalue weighted by Gasteiger charge is 2.24. The van der Waals surface area contributed by atoms with Gasteiger partial charge in [-0.2, -0.15) is 11.8 Å². The molecule has 3 N–H and O–H groups in total. The third-order valence-electron chi connectivity index (χ3n) is 1.60. The maximum Gasteiger partial charge on any atom is 0.328 e. The molecule has 0 saturated carbocycles. The lowest BCUT2D eigenvalue weighted by Crippen LogP contribution is -2.47. The van der Waals surface area contributed by atoms with E-state index >= 15 is 0 Å². The van der Waals surface area contributed by atoms with Crippen LogP contribution in [0.15, 0.2) is 0 Å². The Bertz CT molecular complexity index is 208. The van der Waals surface area contributed by atoms with Crippen molar-refractivity contribution in [3.8, 4) is 0 Å². The number of carboxylic acid groups (broad SMARTS) is 1. The van der Waals surface area contributed by atoms with Crippen molar-refractivity contribution < 1.29 is 19.8 Å². The van der Waals surface area contributed by atoms with Crippen molar-refractivity contribution in [3.05, 3.63) is 0 Å². The Hall–Kier alpha value is -0.750. The summed E-state index contributed by atoms with van der Waals surface area (Å²) in [5.41, 5.74) is 0. The number of hydrogen-bond acceptors (Lipinski definition) is 4. The van der Waals surface area contributed by atoms with Crippen LogP contribution < -0.4 is 5.32 Å². The van der Waals surface area contributed by atoms with Crippen molar-refractivity contribution in [1.29, 1.82) is 0 Å². The molecular weight excluding hydrogens is 206 g/mol. The third kappa shape index (κ3) is 5.08. The van der Waals surface area contributed by atoms with Gasteiger partial charge in [0.05, 0.1) is 6.10 Å². The van der Waals surface area contributed by atoms with E-state index in [0.717, 1.165) is 0 Å². The molecule has 0 fully saturated rings. The highest BCUT2D eigenvalue weighted by atomic mass is 32.2. The minimum Gasteiger partial charge on any atom is -0.480 e. The quantitative estimate of drug-likeness (QED) is 0.572. The van der Waals surface area contributed by atoms with Gasteiger partial charge in [-0.3, -0.25) is 4.79 Å². The first-order valence-electron chi connectivity index (χ1n) is 4.18. The van der Waals surface area contributed by atoms with E-state index in [1.807, 2.05) is 6.26 Å². The number of amides is 1. The monoisotopic (exact) mass is 221 g/mol. The number of aliphatic hydroxyl groups is 1. The van der Waals surface area contributed by atoms with Gasteiger partial charge in [0, 0.05) is 12.2 Å². The summed E-state index contributed by atoms with van der Waals surface area (Å²) in [4.78, 5) is 21.7. The fourth-order valence-electron chi connectivity index (χ4n) is 0.829. The SMILES string of the molecule is CSCCC(=O)N[C@H](C(=O)O)[C@@H](C)O. The van der Waals surface area contributed by atoms with Gasteiger partial charge in [-0.15, -0.1) is 0 Å². The molecule has 0 rings (SSSR count). The second-order valence-corrected chi connectivity index (χ2v) is 3.85. The summed E-state index contributed by atoms with van der Waals surface area (Å²) in [6, 6.07) is -1.22. The average Bonchev–Trinajstić information content (AvgIpc) is 2.09. The topological polar surface area (TPSA) is 86.6 Å². The molecule has 0 aromatic carbocycles. The molecule has 0 aliphatic heterocycles. The first-order valence-corrected chi connectivity index (χ1v) is 5.57. The van der Waals surface area contributed by atoms with E-state index in [2.05, 4.69) is 5.32 Å². The van der Waals surface area contributed by atoms with Gasteiger partial charge in [0.2, 0.25) is 5.91 Å². The number of thioether (sulfide) groups is 1. The van der Waals surface area contributed by atoms with E-state index in [1.165, 1.54) is 18.7 Å². The summed E-state index contributed by atoms with van der Waals surface area (Å²) in [5, 5.41) is 19.9. The van der Waals surface area contributed by atoms with Crippen molar-refractivity contribution in [2.24, 2.45) is 0 Å². The van der Waals surface area contributed by atoms with Crippen LogP contribution in [0.25, 0.3) is 0 Å². The van der Waals surface area contributed by atoms with Crippen molar-refractivity contribution >= 4 is 23.6 Å². The minimum atomic E-state index is -1.22. The molecule has 0 heterocycles. The summed E-state index contributed by atoms with van der Waals surface area (Å²) in [6.07, 6.45) is 1.03. The standard InChI is InChI=1S/C8H15NO4S/c1-5(10)7(8(12)13)9-6(11)3-4-14-2/h5,7,10H,3-4H2,1-2H3,(H,9,11)(H,12,13)/t5-,7+/m1/s1. The van der Waals surface area contributed by atoms with Crippen LogP contribution >= 0.6 is 11.8 Å². The van der Waals surface area contributed by atoms with Gasteiger partial charge in [-0.25, -0.2) is 4.79 Å². The Kier molecular flexibility index (Phi) is 6.31. The lowest BCUT2D eigenvalue weighted by Gasteiger charge is -2.16. The Balaban J connectivity index is 4.04. The van der Waals surface area contributed by atoms with E-state index in [9.17, 15) is 9.59 Å². The zero-order valence-electron chi connectivity index (χ0n) is 8.19. The molecule has 0 unspecified atom stereocenters. The minimum absolute atomic E-state index is 0.262. The maximum absolute atomic E-state index is 11.1. The van der Waals surface area contributed by atoms with Gasteiger partial charge in [-0.1, -0.05) is 0 Å². The van der Waals surface area contributed by atoms with Crippen LogP contribution in [0.5, 0.6) is 0 Å². The third-order valence-corrected chi connectivity index (χ3v) is 2.21. The average molecular weight is 221 g/mol. The molecule has 0 bridgehead atoms. The number of aliphatic carboxylic acids is 1. The van der Waals surface area contributed by atoms with E-state index in [1.54, 1.807) is 0 Å². The molecular formula is C8H15NO4S. The highest BCUT2D eigenvalue weighted by molar-refractivity contribution is 7.98. The fourth-order valence-corrected chi connectivity index (χ4v) is 1.22. The van der Waals surface area contributed by atoms with E-state index in [4.69, 9.17) is 10.2 Å². The molecule has 0 aromatic rings. The number of carbonyl (C=O) groups excluding carboxylic acids is 1. The van der Waals surface area contributed by atoms with Crippen molar-refractivity contribution in [2.75, 3.05) is 12.0 Å². The van der Waals surface area contributed by atoms with Crippen LogP contribution in [0.4, 0.5) is 0 Å². The van der Waals surface area contributed by atoms with Crippen LogP contribution in [-0.4, -0.2) is 46.2 Å². The number of carboxylic acids is 1. The molecule has 6 heteroatoms. The fraction of sp³-hybridized carbons (Fsp3) is 0.750. The number of carbonyl (C=O) groups is 2. The summed E-state index contributed by atoms with van der Waals surface area (Å²) >= 11 is 1.50. The predicted octanol–water partition coefficient (Wildman–Crippen LogP) is -0.310. The summed E-state index contributed by atoms with van der Waals surface area (Å²) in [5.74, 6) is -0.942. The lowest BCUT2D eigenvalue weighted by atomic mass is 10.2. The molecule has 2 atom stereocenters. The molecule has 0 aliphatic rings. The lowest BCUT2D eigenvalue weighted by molar-refractivity contribution is -0.144. The van der Waals surface area contributed by atoms with Crippen molar-refractivity contribution in [3.63, 3.8) is 0 Å². The highest BCUT2D eigenvalue weighted by Crippen LogP contribution is 1.98. The van der Waals surface area contributed by atoms with Gasteiger partial charge in [0.1, 0.15) is 0 Å². The van der Waals surface area contributed by atoms with Crippen LogP contribution in [0, 0.1) is 0 Å². The zero-order chi connectivity index (χ0) is 11.1. The second-order valence-electron chi connectivity index (χ2n) is 2.87. The van der Waals surface area contributed by atoms with Crippen LogP contribution in [-0.2, 0) is 9.59 Å². The Morgan fingerprint density at radius 3 is 2.43 bits per heavy atom. The number of rotatable bonds is 6. The Morgan fingerprint density at radius 1 is 1.50 bits per heavy atom. The summed E-state index contributed by atoms with van der Waals surface area (Å²) in [7, 11) is 0. The van der Waals surface area contributed by atoms with Gasteiger partial charge in [0.25, 0.3) is 0 Å². The Morgan fingerprint density at radius 2 is 2.07 bits per heavy atom. The molecule has 0 aromatic heterocycles. The summed E-state index contributed by atoms with van der Waals surface area (Å²) < 4.78 is 0. The van der Waals surface area contributed by atoms with E-state index < -0.39 is 18.1 Å². The summed E-state index contributed by atoms with van der Waals surface area (Å²) in [6.45, 7) is 1.33. The molecule has 0 aliphatic carbocycles. The largest absolute Gasteiger partial charge is 0.480 e. The smallest absolute Gasteiger partial charge is 0.328 e. The van der Waals surface area contributed by atoms with Crippen LogP contribution in [0.2, 0.25) is 0 Å². The molecule has 14 heavy (non-hydrogen) atoms. The normalized spacial score (nSPS) is 14.5. The van der Waals surface area contributed by atoms with Gasteiger partial charge in [0.15, 0.2) is 6.04 Å². The molecule has 0 radical (unpaired) electrons. The van der Waals surface area contributed by atoms with E-state index in [-0.39, 0.29) is 12.3 Å². The van der Waals surface area contributed by atoms with Crippen molar-refractivity contribution in [2.45, 2.75) is 25.5 Å². The van der Waals surface area contributed by atoms with E-state index in [0.29, 0.717) is 5.75 Å². The molecule has 0 saturated heterocycles. The molecule has 0 spiro atoms. The van der Waals surface area contributed by atoms with Crippen LogP contribution in [0.1, 0.15) is 13.3 Å². The number of hydrogen-bond donors (Lipinski definition) is 3. The first-order chi connectivity index (χ1) is 6.49. The number of aliphatic hydroxyl groups excluding tert-OH is 1. The van der Waals surface area contributed by atoms with Gasteiger partial charge in [-0.05, 0) is 13.2 Å². The number of nitrogens with one attached hydrogen (secondary N) is 1. The molecule has 5 nitrogen and oxygen atoms in total. The molecule has 82 valence electrons. The maximum atomic E-state index is 11.1. The van der Waals surface area contributed by atoms with Gasteiger partial charge >= 0.3 is 5.97 Å². The second kappa shape index (κ2) is 6.67. The van der Waals surface area contributed by atoms with Gasteiger partial charge < -0.3 is 15.5 Å². The Labute approximate surface area is 86.9 Å². The van der Waals surface area contributed by atoms with Crippen LogP contribution in [0.3, 0.4) is 0 Å². The first kappa shape index (κ1) is 13.2. The zero-order valence-corrected chi connectivity index (χ0v) is 9.00. The predicted molar refractivity (Wildman–Crippen MR) is 54.2 cm³/mol. The molecule has 1 amide bonds. The van der Waals surface area contributed by atoms with Crippen molar-refractivity contribution in [1.82, 2.24) is 5.32 Å².